The van der Waals surface area contributed by atoms with Gasteiger partial charge in [-0.1, -0.05) is 23.2 Å². The van der Waals surface area contributed by atoms with Crippen molar-refractivity contribution in [1.82, 2.24) is 15.2 Å². The van der Waals surface area contributed by atoms with Crippen LogP contribution in [-0.2, 0) is 17.8 Å². The molecule has 0 saturated heterocycles. The molecule has 5 N–H and O–H groups in total. The van der Waals surface area contributed by atoms with Gasteiger partial charge in [0.15, 0.2) is 0 Å². The molecular weight excluding hydrogens is 401 g/mol. The Kier molecular flexibility index (Phi) is 6.61. The standard InChI is InChI=1S/C19H23Cl2N5O2/c1-23-5-6-24-4-2-14(22)11-8-13(20)18(21)19-17(11)12-9-26(16(28)10-27)7-3-15(12)25-19/h2,4,8,23,25,27H,3,5-7,9-10,22H2,1H3/b14-2-,24-4?. The third-order valence-electron chi connectivity index (χ3n) is 4.79. The highest BCUT2D eigenvalue weighted by atomic mass is 35.5. The Labute approximate surface area is 173 Å². The normalized spacial score (nSPS) is 14.9. The van der Waals surface area contributed by atoms with Gasteiger partial charge in [0.1, 0.15) is 6.61 Å². The Hall–Kier alpha value is -2.06. The fourth-order valence-corrected chi connectivity index (χ4v) is 3.75. The molecule has 0 saturated carbocycles. The number of aromatic nitrogens is 1. The fraction of sp³-hybridized carbons (Fsp3) is 0.368. The van der Waals surface area contributed by atoms with E-state index < -0.39 is 6.61 Å². The van der Waals surface area contributed by atoms with Crippen LogP contribution in [0.2, 0.25) is 10.0 Å². The van der Waals surface area contributed by atoms with E-state index in [1.807, 2.05) is 7.05 Å². The van der Waals surface area contributed by atoms with Crippen molar-refractivity contribution in [2.24, 2.45) is 10.7 Å². The van der Waals surface area contributed by atoms with Gasteiger partial charge in [-0.2, -0.15) is 0 Å². The molecule has 9 heteroatoms. The number of nitrogens with two attached hydrogens (primary N) is 1. The number of benzene rings is 1. The van der Waals surface area contributed by atoms with Crippen LogP contribution in [0.15, 0.2) is 17.1 Å². The summed E-state index contributed by atoms with van der Waals surface area (Å²) < 4.78 is 0. The molecule has 0 fully saturated rings. The number of nitrogens with zero attached hydrogens (tertiary/aromatic N) is 2. The molecule has 1 aromatic carbocycles. The summed E-state index contributed by atoms with van der Waals surface area (Å²) >= 11 is 12.8. The molecule has 0 unspecified atom stereocenters. The molecule has 1 aromatic heterocycles. The lowest BCUT2D eigenvalue weighted by atomic mass is 9.99. The van der Waals surface area contributed by atoms with Gasteiger partial charge in [-0.25, -0.2) is 0 Å². The second-order valence-corrected chi connectivity index (χ2v) is 7.34. The third-order valence-corrected chi connectivity index (χ3v) is 5.58. The van der Waals surface area contributed by atoms with Crippen LogP contribution in [0.1, 0.15) is 16.8 Å². The molecule has 0 bridgehead atoms. The number of aliphatic hydroxyl groups is 1. The fourth-order valence-electron chi connectivity index (χ4n) is 3.35. The first kappa shape index (κ1) is 20.7. The number of nitrogens with one attached hydrogen (secondary N) is 2. The van der Waals surface area contributed by atoms with E-state index in [1.54, 1.807) is 23.3 Å². The van der Waals surface area contributed by atoms with Gasteiger partial charge in [-0.05, 0) is 19.2 Å². The maximum Gasteiger partial charge on any atom is 0.248 e. The summed E-state index contributed by atoms with van der Waals surface area (Å²) in [6.07, 6.45) is 4.04. The number of allylic oxidation sites excluding steroid dienone is 1. The first-order chi connectivity index (χ1) is 13.5. The average Bonchev–Trinajstić information content (AvgIpc) is 3.08. The lowest BCUT2D eigenvalue weighted by Crippen LogP contribution is -2.37. The summed E-state index contributed by atoms with van der Waals surface area (Å²) in [4.78, 5) is 21.2. The van der Waals surface area contributed by atoms with Crippen molar-refractivity contribution in [3.8, 4) is 0 Å². The van der Waals surface area contributed by atoms with E-state index in [4.69, 9.17) is 28.9 Å². The van der Waals surface area contributed by atoms with Crippen LogP contribution in [-0.4, -0.2) is 60.4 Å². The van der Waals surface area contributed by atoms with Crippen molar-refractivity contribution in [1.29, 1.82) is 0 Å². The first-order valence-electron chi connectivity index (χ1n) is 8.98. The molecular formula is C19H23Cl2N5O2. The zero-order chi connectivity index (χ0) is 20.3. The number of aliphatic hydroxyl groups excluding tert-OH is 1. The maximum atomic E-state index is 12.0. The number of hydrogen-bond donors (Lipinski definition) is 4. The Morgan fingerprint density at radius 1 is 1.50 bits per heavy atom. The Bertz CT molecular complexity index is 952. The van der Waals surface area contributed by atoms with Crippen molar-refractivity contribution in [2.75, 3.05) is 33.3 Å². The van der Waals surface area contributed by atoms with Gasteiger partial charge in [0.2, 0.25) is 5.91 Å². The average molecular weight is 424 g/mol. The van der Waals surface area contributed by atoms with E-state index in [-0.39, 0.29) is 5.91 Å². The zero-order valence-corrected chi connectivity index (χ0v) is 17.1. The first-order valence-corrected chi connectivity index (χ1v) is 9.74. The summed E-state index contributed by atoms with van der Waals surface area (Å²) in [5, 5.41) is 13.9. The predicted molar refractivity (Wildman–Crippen MR) is 114 cm³/mol. The number of aromatic amines is 1. The van der Waals surface area contributed by atoms with Crippen LogP contribution < -0.4 is 11.1 Å². The molecule has 0 radical (unpaired) electrons. The molecule has 2 aromatic rings. The number of carbonyl (C=O) groups excluding carboxylic acids is 1. The van der Waals surface area contributed by atoms with Gasteiger partial charge in [0.25, 0.3) is 0 Å². The molecule has 7 nitrogen and oxygen atoms in total. The molecule has 0 aliphatic carbocycles. The van der Waals surface area contributed by atoms with E-state index in [1.165, 1.54) is 0 Å². The van der Waals surface area contributed by atoms with E-state index in [9.17, 15) is 9.90 Å². The number of halogens is 2. The van der Waals surface area contributed by atoms with Crippen LogP contribution in [0.3, 0.4) is 0 Å². The predicted octanol–water partition coefficient (Wildman–Crippen LogP) is 1.94. The molecule has 0 spiro atoms. The summed E-state index contributed by atoms with van der Waals surface area (Å²) in [6, 6.07) is 1.74. The number of hydrogen-bond acceptors (Lipinski definition) is 5. The second kappa shape index (κ2) is 8.96. The Morgan fingerprint density at radius 2 is 2.29 bits per heavy atom. The minimum Gasteiger partial charge on any atom is -0.398 e. The number of rotatable bonds is 6. The van der Waals surface area contributed by atoms with Crippen LogP contribution >= 0.6 is 23.2 Å². The van der Waals surface area contributed by atoms with Crippen molar-refractivity contribution < 1.29 is 9.90 Å². The smallest absolute Gasteiger partial charge is 0.248 e. The molecule has 2 heterocycles. The van der Waals surface area contributed by atoms with Crippen molar-refractivity contribution in [2.45, 2.75) is 13.0 Å². The SMILES string of the molecule is CNCCN=C/C=C(\N)c1cc(Cl)c(Cl)c2[nH]c3c(c12)CN(C(=O)CO)CC3. The lowest BCUT2D eigenvalue weighted by molar-refractivity contribution is -0.135. The van der Waals surface area contributed by atoms with Gasteiger partial charge in [-0.15, -0.1) is 0 Å². The van der Waals surface area contributed by atoms with E-state index in [0.29, 0.717) is 47.3 Å². The van der Waals surface area contributed by atoms with Gasteiger partial charge in [-0.3, -0.25) is 9.79 Å². The van der Waals surface area contributed by atoms with Crippen LogP contribution in [0.5, 0.6) is 0 Å². The quantitative estimate of drug-likeness (QED) is 0.420. The highest BCUT2D eigenvalue weighted by Crippen LogP contribution is 2.39. The summed E-state index contributed by atoms with van der Waals surface area (Å²) in [7, 11) is 1.87. The van der Waals surface area contributed by atoms with Crippen molar-refractivity contribution in [3.05, 3.63) is 39.0 Å². The minimum absolute atomic E-state index is 0.304. The van der Waals surface area contributed by atoms with E-state index in [0.717, 1.165) is 28.8 Å². The van der Waals surface area contributed by atoms with Gasteiger partial charge >= 0.3 is 0 Å². The molecule has 1 amide bonds. The highest BCUT2D eigenvalue weighted by Gasteiger charge is 2.26. The van der Waals surface area contributed by atoms with Crippen LogP contribution in [0.25, 0.3) is 16.6 Å². The van der Waals surface area contributed by atoms with Crippen LogP contribution in [0, 0.1) is 0 Å². The molecule has 0 atom stereocenters. The zero-order valence-electron chi connectivity index (χ0n) is 15.6. The third kappa shape index (κ3) is 4.03. The van der Waals surface area contributed by atoms with Crippen molar-refractivity contribution >= 4 is 51.9 Å². The second-order valence-electron chi connectivity index (χ2n) is 6.56. The number of carbonyl (C=O) groups is 1. The monoisotopic (exact) mass is 423 g/mol. The molecule has 28 heavy (non-hydrogen) atoms. The van der Waals surface area contributed by atoms with E-state index in [2.05, 4.69) is 15.3 Å². The summed E-state index contributed by atoms with van der Waals surface area (Å²) in [5.41, 5.74) is 10.2. The summed E-state index contributed by atoms with van der Waals surface area (Å²) in [5.74, 6) is -0.304. The maximum absolute atomic E-state index is 12.0. The van der Waals surface area contributed by atoms with Gasteiger partial charge in [0.05, 0.1) is 22.1 Å². The number of H-pyrrole nitrogens is 1. The Balaban J connectivity index is 2.07. The van der Waals surface area contributed by atoms with E-state index >= 15 is 0 Å². The van der Waals surface area contributed by atoms with Gasteiger partial charge < -0.3 is 26.0 Å². The number of likely N-dealkylation sites (N-methyl/N-ethyl adjacent to an activating group) is 1. The molecule has 1 aliphatic rings. The minimum atomic E-state index is -0.512. The largest absolute Gasteiger partial charge is 0.398 e. The van der Waals surface area contributed by atoms with Gasteiger partial charge in [0, 0.05) is 60.2 Å². The number of fused-ring (bicyclic) bond motifs is 3. The van der Waals surface area contributed by atoms with Crippen molar-refractivity contribution in [3.63, 3.8) is 0 Å². The molecule has 150 valence electrons. The topological polar surface area (TPSA) is 107 Å². The molecule has 3 rings (SSSR count). The lowest BCUT2D eigenvalue weighted by Gasteiger charge is -2.27. The van der Waals surface area contributed by atoms with Crippen LogP contribution in [0.4, 0.5) is 0 Å². The highest BCUT2D eigenvalue weighted by molar-refractivity contribution is 6.45. The number of aliphatic imine (C=N–C) groups is 1. The Morgan fingerprint density at radius 3 is 3.00 bits per heavy atom. The number of amides is 1. The molecule has 1 aliphatic heterocycles. The summed E-state index contributed by atoms with van der Waals surface area (Å²) in [6.45, 7) is 1.82.